The minimum atomic E-state index is -0.121. The maximum atomic E-state index is 10.1. The van der Waals surface area contributed by atoms with Crippen molar-refractivity contribution in [3.63, 3.8) is 0 Å². The van der Waals surface area contributed by atoms with Crippen molar-refractivity contribution in [1.29, 1.82) is 10.5 Å². The first kappa shape index (κ1) is 45.6. The number of rotatable bonds is 4. The zero-order chi connectivity index (χ0) is 48.5. The van der Waals surface area contributed by atoms with E-state index in [1.54, 1.807) is 0 Å². The zero-order valence-corrected chi connectivity index (χ0v) is 41.5. The number of H-pyrrole nitrogens is 2. The lowest BCUT2D eigenvalue weighted by molar-refractivity contribution is 0.568. The molecular weight excluding hydrogens is 829 g/mol. The number of hydrogen-bond donors (Lipinski definition) is 2. The molecule has 338 valence electrons. The zero-order valence-electron chi connectivity index (χ0n) is 41.5. The summed E-state index contributed by atoms with van der Waals surface area (Å²) in [7, 11) is 0. The summed E-state index contributed by atoms with van der Waals surface area (Å²) in [6.45, 7) is 27.2. The average molecular weight is 889 g/mol. The highest BCUT2D eigenvalue weighted by Gasteiger charge is 2.26. The third kappa shape index (κ3) is 8.76. The van der Waals surface area contributed by atoms with Crippen LogP contribution in [0.5, 0.6) is 0 Å². The van der Waals surface area contributed by atoms with Gasteiger partial charge in [-0.25, -0.2) is 9.97 Å². The van der Waals surface area contributed by atoms with E-state index in [-0.39, 0.29) is 21.7 Å². The molecule has 0 amide bonds. The minimum Gasteiger partial charge on any atom is -0.354 e. The van der Waals surface area contributed by atoms with Crippen LogP contribution < -0.4 is 0 Å². The number of nitrogens with zero attached hydrogens (tertiary/aromatic N) is 4. The van der Waals surface area contributed by atoms with Crippen LogP contribution in [-0.4, -0.2) is 19.9 Å². The normalized spacial score (nSPS) is 12.9. The topological polar surface area (TPSA) is 105 Å². The van der Waals surface area contributed by atoms with Crippen LogP contribution in [0.2, 0.25) is 0 Å². The molecule has 0 saturated carbocycles. The van der Waals surface area contributed by atoms with Crippen LogP contribution in [0.15, 0.2) is 109 Å². The Labute approximate surface area is 401 Å². The maximum absolute atomic E-state index is 10.1. The van der Waals surface area contributed by atoms with Gasteiger partial charge >= 0.3 is 0 Å². The SMILES string of the molecule is CC(C)(C)c1cc(-c2c3nc(c(-c4cccc(C#N)c4)c4ccc([nH]4)c(-c4cc(C(C)(C)C)cc(C(C)(C)C)c4)c4nc(c(-c5cccc(C#N)c5)c5ccc2[nH]5)C=C4)C=C3)cc(C(C)(C)C)c1. The second kappa shape index (κ2) is 16.7. The van der Waals surface area contributed by atoms with Gasteiger partial charge in [0.05, 0.1) is 46.0 Å². The van der Waals surface area contributed by atoms with Crippen molar-refractivity contribution in [2.24, 2.45) is 0 Å². The Bertz CT molecular complexity index is 3210. The van der Waals surface area contributed by atoms with Crippen molar-refractivity contribution in [2.45, 2.75) is 105 Å². The molecule has 0 spiro atoms. The lowest BCUT2D eigenvalue weighted by Gasteiger charge is -2.26. The van der Waals surface area contributed by atoms with Crippen LogP contribution in [-0.2, 0) is 21.7 Å². The molecule has 8 bridgehead atoms. The number of aromatic amines is 2. The Kier molecular flexibility index (Phi) is 11.2. The van der Waals surface area contributed by atoms with Gasteiger partial charge in [0.1, 0.15) is 0 Å². The van der Waals surface area contributed by atoms with Crippen molar-refractivity contribution in [3.05, 3.63) is 165 Å². The van der Waals surface area contributed by atoms with Gasteiger partial charge in [0.2, 0.25) is 0 Å². The molecule has 0 atom stereocenters. The Hall–Kier alpha value is -7.54. The van der Waals surface area contributed by atoms with E-state index in [0.29, 0.717) is 11.1 Å². The monoisotopic (exact) mass is 888 g/mol. The van der Waals surface area contributed by atoms with Gasteiger partial charge in [0.15, 0.2) is 0 Å². The average Bonchev–Trinajstić information content (AvgIpc) is 4.13. The predicted molar refractivity (Wildman–Crippen MR) is 285 cm³/mol. The molecule has 2 aliphatic heterocycles. The summed E-state index contributed by atoms with van der Waals surface area (Å²) in [5.74, 6) is 0. The number of nitrogens with one attached hydrogen (secondary N) is 2. The lowest BCUT2D eigenvalue weighted by Crippen LogP contribution is -2.16. The van der Waals surface area contributed by atoms with E-state index in [2.05, 4.69) is 202 Å². The molecule has 7 aromatic rings. The van der Waals surface area contributed by atoms with E-state index in [4.69, 9.17) is 9.97 Å². The van der Waals surface area contributed by atoms with Crippen molar-refractivity contribution in [3.8, 4) is 56.6 Å². The Morgan fingerprint density at radius 1 is 0.353 bits per heavy atom. The van der Waals surface area contributed by atoms with E-state index in [1.807, 2.05) is 36.4 Å². The quantitative estimate of drug-likeness (QED) is 0.184. The molecule has 6 nitrogen and oxygen atoms in total. The van der Waals surface area contributed by atoms with Gasteiger partial charge in [0.25, 0.3) is 0 Å². The molecule has 0 radical (unpaired) electrons. The van der Waals surface area contributed by atoms with Gasteiger partial charge in [-0.2, -0.15) is 10.5 Å². The van der Waals surface area contributed by atoms with Crippen molar-refractivity contribution in [2.75, 3.05) is 0 Å². The van der Waals surface area contributed by atoms with Crippen molar-refractivity contribution >= 4 is 46.4 Å². The van der Waals surface area contributed by atoms with Crippen LogP contribution in [0.25, 0.3) is 90.9 Å². The summed E-state index contributed by atoms with van der Waals surface area (Å²) in [6.07, 6.45) is 8.45. The first-order chi connectivity index (χ1) is 32.1. The molecule has 68 heavy (non-hydrogen) atoms. The molecule has 0 fully saturated rings. The fraction of sp³-hybridized carbons (Fsp3) is 0.258. The third-order valence-corrected chi connectivity index (χ3v) is 13.2. The second-order valence-electron chi connectivity index (χ2n) is 22.5. The number of hydrogen-bond acceptors (Lipinski definition) is 4. The summed E-state index contributed by atoms with van der Waals surface area (Å²) >= 11 is 0. The molecule has 0 aliphatic carbocycles. The Balaban J connectivity index is 1.51. The molecule has 3 aromatic heterocycles. The largest absolute Gasteiger partial charge is 0.354 e. The first-order valence-electron chi connectivity index (χ1n) is 23.6. The summed E-state index contributed by atoms with van der Waals surface area (Å²) in [5.41, 5.74) is 19.9. The highest BCUT2D eigenvalue weighted by atomic mass is 14.8. The van der Waals surface area contributed by atoms with E-state index in [1.165, 1.54) is 22.3 Å². The van der Waals surface area contributed by atoms with Gasteiger partial charge in [-0.3, -0.25) is 0 Å². The van der Waals surface area contributed by atoms with E-state index in [0.717, 1.165) is 89.4 Å². The van der Waals surface area contributed by atoms with Crippen LogP contribution >= 0.6 is 0 Å². The van der Waals surface area contributed by atoms with Gasteiger partial charge in [0, 0.05) is 44.3 Å². The van der Waals surface area contributed by atoms with Gasteiger partial charge in [-0.05, 0) is 139 Å². The summed E-state index contributed by atoms with van der Waals surface area (Å²) in [6, 6.07) is 42.9. The van der Waals surface area contributed by atoms with E-state index >= 15 is 0 Å². The summed E-state index contributed by atoms with van der Waals surface area (Å²) < 4.78 is 0. The lowest BCUT2D eigenvalue weighted by atomic mass is 9.78. The molecule has 9 rings (SSSR count). The van der Waals surface area contributed by atoms with Crippen molar-refractivity contribution < 1.29 is 0 Å². The number of benzene rings is 4. The Morgan fingerprint density at radius 2 is 0.632 bits per heavy atom. The van der Waals surface area contributed by atoms with E-state index < -0.39 is 0 Å². The smallest absolute Gasteiger partial charge is 0.0991 e. The molecule has 6 heteroatoms. The predicted octanol–water partition coefficient (Wildman–Crippen LogP) is 16.3. The molecule has 2 aliphatic rings. The molecule has 2 N–H and O–H groups in total. The summed E-state index contributed by atoms with van der Waals surface area (Å²) in [4.78, 5) is 18.9. The number of fused-ring (bicyclic) bond motifs is 8. The van der Waals surface area contributed by atoms with E-state index in [9.17, 15) is 10.5 Å². The van der Waals surface area contributed by atoms with Gasteiger partial charge < -0.3 is 9.97 Å². The van der Waals surface area contributed by atoms with Crippen LogP contribution in [0.1, 0.15) is 139 Å². The highest BCUT2D eigenvalue weighted by Crippen LogP contribution is 2.42. The fourth-order valence-corrected chi connectivity index (χ4v) is 9.18. The highest BCUT2D eigenvalue weighted by molar-refractivity contribution is 6.00. The maximum Gasteiger partial charge on any atom is 0.0991 e. The van der Waals surface area contributed by atoms with Crippen LogP contribution in [0.3, 0.4) is 0 Å². The van der Waals surface area contributed by atoms with Crippen molar-refractivity contribution in [1.82, 2.24) is 19.9 Å². The van der Waals surface area contributed by atoms with Gasteiger partial charge in [-0.1, -0.05) is 144 Å². The second-order valence-corrected chi connectivity index (χ2v) is 22.5. The molecule has 5 heterocycles. The minimum absolute atomic E-state index is 0.121. The number of aromatic nitrogens is 4. The molecule has 4 aromatic carbocycles. The Morgan fingerprint density at radius 3 is 0.897 bits per heavy atom. The first-order valence-corrected chi connectivity index (χ1v) is 23.6. The summed E-state index contributed by atoms with van der Waals surface area (Å²) in [5, 5.41) is 20.3. The van der Waals surface area contributed by atoms with Crippen LogP contribution in [0, 0.1) is 22.7 Å². The number of nitriles is 2. The molecular formula is C62H60N6. The fourth-order valence-electron chi connectivity index (χ4n) is 9.18. The standard InChI is InChI=1S/C62H60N6/c1-59(2,3)43-29-41(30-44(33-43)60(4,5)6)57-51-23-19-47(65-51)55(39-17-13-15-37(27-39)35-63)49-21-25-53(67-49)58(42-31-45(61(7,8)9)34-46(32-42)62(10,11)12)54-26-22-50(68-54)56(48-20-24-52(57)66-48)40-18-14-16-38(28-40)36-64/h13-34,65,68H,1-12H3. The molecule has 0 saturated heterocycles. The van der Waals surface area contributed by atoms with Gasteiger partial charge in [-0.15, -0.1) is 0 Å². The third-order valence-electron chi connectivity index (χ3n) is 13.2. The molecule has 0 unspecified atom stereocenters. The van der Waals surface area contributed by atoms with Crippen LogP contribution in [0.4, 0.5) is 0 Å².